The second kappa shape index (κ2) is 9.07. The number of carbonyl (C=O) groups is 1. The number of nitrogens with one attached hydrogen (secondary N) is 2. The van der Waals surface area contributed by atoms with Gasteiger partial charge in [-0.15, -0.1) is 0 Å². The third-order valence-corrected chi connectivity index (χ3v) is 4.78. The molecule has 2 rings (SSSR count). The molecule has 0 atom stereocenters. The standard InChI is InChI=1S/C20H32N2O2/c1-4-20(2,3)22-19(23)14-21-17-10-8-9-16(13-17)15-24-18-11-6-5-7-12-18/h8-10,13,18,21H,4-7,11-12,14-15H2,1-3H3,(H,22,23). The number of amides is 1. The molecule has 134 valence electrons. The van der Waals surface area contributed by atoms with E-state index in [0.29, 0.717) is 12.7 Å². The van der Waals surface area contributed by atoms with Crippen molar-refractivity contribution in [2.45, 2.75) is 77.5 Å². The van der Waals surface area contributed by atoms with Crippen LogP contribution in [0.4, 0.5) is 5.69 Å². The molecule has 0 unspecified atom stereocenters. The van der Waals surface area contributed by atoms with Crippen molar-refractivity contribution in [1.82, 2.24) is 5.32 Å². The van der Waals surface area contributed by atoms with E-state index in [1.54, 1.807) is 0 Å². The monoisotopic (exact) mass is 332 g/mol. The molecular formula is C20H32N2O2. The topological polar surface area (TPSA) is 50.4 Å². The van der Waals surface area contributed by atoms with E-state index in [9.17, 15) is 4.79 Å². The van der Waals surface area contributed by atoms with E-state index in [1.807, 2.05) is 26.0 Å². The highest BCUT2D eigenvalue weighted by Crippen LogP contribution is 2.22. The maximum absolute atomic E-state index is 12.0. The number of carbonyl (C=O) groups excluding carboxylic acids is 1. The number of hydrogen-bond donors (Lipinski definition) is 2. The molecule has 1 aromatic rings. The largest absolute Gasteiger partial charge is 0.376 e. The molecule has 1 aliphatic rings. The zero-order valence-corrected chi connectivity index (χ0v) is 15.4. The van der Waals surface area contributed by atoms with Gasteiger partial charge in [0.1, 0.15) is 0 Å². The molecule has 0 bridgehead atoms. The van der Waals surface area contributed by atoms with Crippen molar-refractivity contribution in [2.24, 2.45) is 0 Å². The number of anilines is 1. The lowest BCUT2D eigenvalue weighted by Gasteiger charge is -2.24. The minimum absolute atomic E-state index is 0.0192. The Bertz CT molecular complexity index is 522. The lowest BCUT2D eigenvalue weighted by molar-refractivity contribution is -0.121. The summed E-state index contributed by atoms with van der Waals surface area (Å²) in [6, 6.07) is 8.15. The fourth-order valence-electron chi connectivity index (χ4n) is 2.91. The van der Waals surface area contributed by atoms with E-state index in [4.69, 9.17) is 4.74 Å². The summed E-state index contributed by atoms with van der Waals surface area (Å²) < 4.78 is 6.02. The molecule has 1 amide bonds. The molecule has 0 heterocycles. The molecule has 1 saturated carbocycles. The summed E-state index contributed by atoms with van der Waals surface area (Å²) in [5.74, 6) is 0.0192. The van der Waals surface area contributed by atoms with Crippen LogP contribution in [0, 0.1) is 0 Å². The maximum Gasteiger partial charge on any atom is 0.239 e. The first-order valence-corrected chi connectivity index (χ1v) is 9.24. The number of ether oxygens (including phenoxy) is 1. The van der Waals surface area contributed by atoms with Crippen molar-refractivity contribution in [3.8, 4) is 0 Å². The van der Waals surface area contributed by atoms with Crippen molar-refractivity contribution in [3.05, 3.63) is 29.8 Å². The molecule has 24 heavy (non-hydrogen) atoms. The molecule has 4 nitrogen and oxygen atoms in total. The Labute approximate surface area is 146 Å². The normalized spacial score (nSPS) is 16.0. The molecular weight excluding hydrogens is 300 g/mol. The lowest BCUT2D eigenvalue weighted by Crippen LogP contribution is -2.45. The van der Waals surface area contributed by atoms with Gasteiger partial charge in [-0.3, -0.25) is 4.79 Å². The molecule has 1 aromatic carbocycles. The van der Waals surface area contributed by atoms with Crippen molar-refractivity contribution in [2.75, 3.05) is 11.9 Å². The van der Waals surface area contributed by atoms with E-state index in [1.165, 1.54) is 32.1 Å². The van der Waals surface area contributed by atoms with Crippen LogP contribution >= 0.6 is 0 Å². The SMILES string of the molecule is CCC(C)(C)NC(=O)CNc1cccc(COC2CCCCC2)c1. The first-order chi connectivity index (χ1) is 11.5. The third-order valence-electron chi connectivity index (χ3n) is 4.78. The first-order valence-electron chi connectivity index (χ1n) is 9.24. The molecule has 0 saturated heterocycles. The average molecular weight is 332 g/mol. The average Bonchev–Trinajstić information content (AvgIpc) is 2.59. The Morgan fingerprint density at radius 1 is 1.25 bits per heavy atom. The van der Waals surface area contributed by atoms with E-state index in [2.05, 4.69) is 29.7 Å². The quantitative estimate of drug-likeness (QED) is 0.748. The van der Waals surface area contributed by atoms with Crippen LogP contribution in [0.15, 0.2) is 24.3 Å². The van der Waals surface area contributed by atoms with Crippen molar-refractivity contribution in [1.29, 1.82) is 0 Å². The summed E-state index contributed by atoms with van der Waals surface area (Å²) in [7, 11) is 0. The predicted molar refractivity (Wildman–Crippen MR) is 99.1 cm³/mol. The van der Waals surface area contributed by atoms with Gasteiger partial charge in [0.25, 0.3) is 0 Å². The minimum atomic E-state index is -0.158. The molecule has 2 N–H and O–H groups in total. The zero-order chi connectivity index (χ0) is 17.4. The Morgan fingerprint density at radius 3 is 2.71 bits per heavy atom. The summed E-state index contributed by atoms with van der Waals surface area (Å²) in [5, 5.41) is 6.23. The van der Waals surface area contributed by atoms with Crippen molar-refractivity contribution < 1.29 is 9.53 Å². The molecule has 1 fully saturated rings. The van der Waals surface area contributed by atoms with Gasteiger partial charge in [0.2, 0.25) is 5.91 Å². The van der Waals surface area contributed by atoms with E-state index >= 15 is 0 Å². The maximum atomic E-state index is 12.0. The molecule has 0 aliphatic heterocycles. The Balaban J connectivity index is 1.78. The predicted octanol–water partition coefficient (Wildman–Crippen LogP) is 4.25. The summed E-state index contributed by atoms with van der Waals surface area (Å²) in [5.41, 5.74) is 1.96. The van der Waals surface area contributed by atoms with Crippen molar-refractivity contribution >= 4 is 11.6 Å². The first kappa shape index (κ1) is 18.8. The molecule has 0 radical (unpaired) electrons. The van der Waals surface area contributed by atoms with Gasteiger partial charge in [0.05, 0.1) is 19.3 Å². The Kier molecular flexibility index (Phi) is 7.10. The highest BCUT2D eigenvalue weighted by atomic mass is 16.5. The number of rotatable bonds is 8. The number of benzene rings is 1. The second-order valence-corrected chi connectivity index (χ2v) is 7.41. The highest BCUT2D eigenvalue weighted by Gasteiger charge is 2.17. The van der Waals surface area contributed by atoms with Gasteiger partial charge in [0.15, 0.2) is 0 Å². The molecule has 0 spiro atoms. The van der Waals surface area contributed by atoms with Gasteiger partial charge in [-0.25, -0.2) is 0 Å². The molecule has 4 heteroatoms. The summed E-state index contributed by atoms with van der Waals surface area (Å²) >= 11 is 0. The van der Waals surface area contributed by atoms with Gasteiger partial charge in [-0.2, -0.15) is 0 Å². The van der Waals surface area contributed by atoms with Crippen molar-refractivity contribution in [3.63, 3.8) is 0 Å². The Morgan fingerprint density at radius 2 is 2.00 bits per heavy atom. The van der Waals surface area contributed by atoms with Crippen LogP contribution in [0.2, 0.25) is 0 Å². The second-order valence-electron chi connectivity index (χ2n) is 7.41. The van der Waals surface area contributed by atoms with E-state index in [-0.39, 0.29) is 18.0 Å². The van der Waals surface area contributed by atoms with Crippen LogP contribution in [0.3, 0.4) is 0 Å². The molecule has 1 aliphatic carbocycles. The zero-order valence-electron chi connectivity index (χ0n) is 15.4. The third kappa shape index (κ3) is 6.52. The fraction of sp³-hybridized carbons (Fsp3) is 0.650. The summed E-state index contributed by atoms with van der Waals surface area (Å²) in [6.07, 6.45) is 7.61. The fourth-order valence-corrected chi connectivity index (χ4v) is 2.91. The van der Waals surface area contributed by atoms with Crippen LogP contribution < -0.4 is 10.6 Å². The molecule has 0 aromatic heterocycles. The van der Waals surface area contributed by atoms with Gasteiger partial charge in [-0.1, -0.05) is 38.3 Å². The van der Waals surface area contributed by atoms with Gasteiger partial charge < -0.3 is 15.4 Å². The van der Waals surface area contributed by atoms with Crippen LogP contribution in [0.1, 0.15) is 64.9 Å². The highest BCUT2D eigenvalue weighted by molar-refractivity contribution is 5.81. The lowest BCUT2D eigenvalue weighted by atomic mass is 9.98. The number of hydrogen-bond acceptors (Lipinski definition) is 3. The summed E-state index contributed by atoms with van der Waals surface area (Å²) in [4.78, 5) is 12.0. The van der Waals surface area contributed by atoms with E-state index < -0.39 is 0 Å². The van der Waals surface area contributed by atoms with Crippen LogP contribution in [0.5, 0.6) is 0 Å². The Hall–Kier alpha value is -1.55. The summed E-state index contributed by atoms with van der Waals surface area (Å²) in [6.45, 7) is 7.08. The smallest absolute Gasteiger partial charge is 0.239 e. The van der Waals surface area contributed by atoms with Gasteiger partial charge >= 0.3 is 0 Å². The van der Waals surface area contributed by atoms with Gasteiger partial charge in [0, 0.05) is 11.2 Å². The minimum Gasteiger partial charge on any atom is -0.376 e. The van der Waals surface area contributed by atoms with E-state index in [0.717, 1.165) is 17.7 Å². The van der Waals surface area contributed by atoms with Crippen LogP contribution in [-0.4, -0.2) is 24.1 Å². The van der Waals surface area contributed by atoms with Crippen LogP contribution in [-0.2, 0) is 16.1 Å². The van der Waals surface area contributed by atoms with Crippen LogP contribution in [0.25, 0.3) is 0 Å². The van der Waals surface area contributed by atoms with Gasteiger partial charge in [-0.05, 0) is 50.8 Å².